The van der Waals surface area contributed by atoms with E-state index in [0.717, 1.165) is 29.9 Å². The third-order valence-corrected chi connectivity index (χ3v) is 4.72. The Kier molecular flexibility index (Phi) is 4.49. The minimum Gasteiger partial charge on any atom is -0.312 e. The monoisotopic (exact) mass is 371 g/mol. The summed E-state index contributed by atoms with van der Waals surface area (Å²) < 4.78 is 55.2. The number of hydrogen-bond acceptors (Lipinski definition) is 3. The maximum atomic E-state index is 13.8. The Balaban J connectivity index is 1.97. The highest BCUT2D eigenvalue weighted by Gasteiger charge is 2.67. The van der Waals surface area contributed by atoms with Crippen LogP contribution in [0.1, 0.15) is 43.0 Å². The van der Waals surface area contributed by atoms with Gasteiger partial charge in [-0.1, -0.05) is 25.0 Å². The molecule has 0 spiro atoms. The summed E-state index contributed by atoms with van der Waals surface area (Å²) in [6.07, 6.45) is -2.40. The second kappa shape index (κ2) is 6.37. The maximum Gasteiger partial charge on any atom is 0.442 e. The number of amides is 2. The van der Waals surface area contributed by atoms with Crippen molar-refractivity contribution in [3.63, 3.8) is 0 Å². The quantitative estimate of drug-likeness (QED) is 0.831. The third-order valence-electron chi connectivity index (χ3n) is 4.72. The predicted molar refractivity (Wildman–Crippen MR) is 84.9 cm³/mol. The first-order valence-corrected chi connectivity index (χ1v) is 8.21. The van der Waals surface area contributed by atoms with E-state index >= 15 is 0 Å². The summed E-state index contributed by atoms with van der Waals surface area (Å²) in [5.74, 6) is -3.79. The highest BCUT2D eigenvalue weighted by atomic mass is 19.4. The molecule has 0 saturated heterocycles. The Morgan fingerprint density at radius 3 is 2.46 bits per heavy atom. The summed E-state index contributed by atoms with van der Waals surface area (Å²) in [6, 6.07) is 4.23. The van der Waals surface area contributed by atoms with Gasteiger partial charge in [-0.15, -0.1) is 0 Å². The Labute approximate surface area is 147 Å². The summed E-state index contributed by atoms with van der Waals surface area (Å²) in [6.45, 7) is 1.30. The minimum atomic E-state index is -5.17. The van der Waals surface area contributed by atoms with E-state index < -0.39 is 35.0 Å². The number of amidine groups is 1. The van der Waals surface area contributed by atoms with Crippen LogP contribution >= 0.6 is 0 Å². The Bertz CT molecular complexity index is 772. The molecule has 1 atom stereocenters. The van der Waals surface area contributed by atoms with Crippen molar-refractivity contribution >= 4 is 17.6 Å². The molecule has 1 fully saturated rings. The summed E-state index contributed by atoms with van der Waals surface area (Å²) in [5.41, 5.74) is -4.02. The molecule has 1 aromatic rings. The van der Waals surface area contributed by atoms with Gasteiger partial charge in [-0.2, -0.15) is 13.2 Å². The fourth-order valence-electron chi connectivity index (χ4n) is 3.47. The molecule has 1 N–H and O–H groups in total. The first-order chi connectivity index (χ1) is 12.2. The zero-order chi connectivity index (χ0) is 19.1. The molecule has 0 radical (unpaired) electrons. The maximum absolute atomic E-state index is 13.8. The molecule has 2 amide bonds. The van der Waals surface area contributed by atoms with E-state index in [1.165, 1.54) is 19.1 Å². The topological polar surface area (TPSA) is 61.8 Å². The molecule has 1 aliphatic heterocycles. The highest BCUT2D eigenvalue weighted by Crippen LogP contribution is 2.40. The van der Waals surface area contributed by atoms with E-state index in [-0.39, 0.29) is 11.9 Å². The molecule has 2 aliphatic rings. The largest absolute Gasteiger partial charge is 0.442 e. The van der Waals surface area contributed by atoms with E-state index in [1.807, 2.05) is 0 Å². The van der Waals surface area contributed by atoms with Crippen LogP contribution in [0.4, 0.5) is 17.6 Å². The van der Waals surface area contributed by atoms with E-state index in [0.29, 0.717) is 12.8 Å². The minimum absolute atomic E-state index is 0.104. The van der Waals surface area contributed by atoms with E-state index in [1.54, 1.807) is 5.32 Å². The lowest BCUT2D eigenvalue weighted by Crippen LogP contribution is -2.64. The van der Waals surface area contributed by atoms with Gasteiger partial charge in [0.2, 0.25) is 0 Å². The molecule has 3 rings (SSSR count). The number of aliphatic imine (C=N–C) groups is 1. The summed E-state index contributed by atoms with van der Waals surface area (Å²) in [5, 5.41) is 1.64. The number of carbonyl (C=O) groups is 2. The molecule has 1 unspecified atom stereocenters. The van der Waals surface area contributed by atoms with Gasteiger partial charge in [0.25, 0.3) is 11.8 Å². The summed E-state index contributed by atoms with van der Waals surface area (Å²) >= 11 is 0. The number of hydrogen-bond donors (Lipinski definition) is 1. The van der Waals surface area contributed by atoms with Crippen molar-refractivity contribution in [3.8, 4) is 0 Å². The number of carbonyl (C=O) groups excluding carboxylic acids is 2. The molecule has 5 nitrogen and oxygen atoms in total. The van der Waals surface area contributed by atoms with Crippen LogP contribution in [0.15, 0.2) is 29.3 Å². The van der Waals surface area contributed by atoms with Crippen molar-refractivity contribution in [1.29, 1.82) is 0 Å². The average Bonchev–Trinajstić information content (AvgIpc) is 3.14. The lowest BCUT2D eigenvalue weighted by atomic mass is 10.1. The third kappa shape index (κ3) is 2.85. The second-order valence-corrected chi connectivity index (χ2v) is 6.41. The fourth-order valence-corrected chi connectivity index (χ4v) is 3.47. The van der Waals surface area contributed by atoms with Crippen molar-refractivity contribution in [2.75, 3.05) is 0 Å². The van der Waals surface area contributed by atoms with Gasteiger partial charge in [-0.05, 0) is 31.9 Å². The summed E-state index contributed by atoms with van der Waals surface area (Å²) in [4.78, 5) is 29.5. The van der Waals surface area contributed by atoms with Gasteiger partial charge in [-0.3, -0.25) is 14.5 Å². The second-order valence-electron chi connectivity index (χ2n) is 6.41. The van der Waals surface area contributed by atoms with Crippen molar-refractivity contribution in [2.24, 2.45) is 4.99 Å². The number of nitrogens with zero attached hydrogens (tertiary/aromatic N) is 2. The van der Waals surface area contributed by atoms with Gasteiger partial charge in [0.05, 0.1) is 5.56 Å². The predicted octanol–water partition coefficient (Wildman–Crippen LogP) is 3.02. The molecule has 26 heavy (non-hydrogen) atoms. The molecule has 140 valence electrons. The molecular formula is C17H17F4N3O2. The Morgan fingerprint density at radius 1 is 1.27 bits per heavy atom. The van der Waals surface area contributed by atoms with Gasteiger partial charge in [-0.25, -0.2) is 9.38 Å². The molecule has 1 heterocycles. The number of alkyl halides is 3. The van der Waals surface area contributed by atoms with E-state index in [4.69, 9.17) is 0 Å². The van der Waals surface area contributed by atoms with Crippen LogP contribution in [0.3, 0.4) is 0 Å². The van der Waals surface area contributed by atoms with Crippen LogP contribution in [0.5, 0.6) is 0 Å². The molecule has 1 aromatic carbocycles. The number of benzene rings is 1. The number of rotatable bonds is 3. The molecule has 9 heteroatoms. The molecule has 0 bridgehead atoms. The van der Waals surface area contributed by atoms with Gasteiger partial charge >= 0.3 is 11.8 Å². The Morgan fingerprint density at radius 2 is 1.88 bits per heavy atom. The van der Waals surface area contributed by atoms with Crippen LogP contribution in [0, 0.1) is 5.82 Å². The van der Waals surface area contributed by atoms with Crippen LogP contribution in [0.2, 0.25) is 0 Å². The molecule has 1 saturated carbocycles. The SMILES string of the molecule is CC1=NC(NC(=O)c2ccccc2F)(C(F)(F)F)C(=O)N1C1CCCC1. The van der Waals surface area contributed by atoms with Crippen molar-refractivity contribution in [3.05, 3.63) is 35.6 Å². The number of nitrogens with one attached hydrogen (secondary N) is 1. The van der Waals surface area contributed by atoms with Crippen LogP contribution in [-0.2, 0) is 4.79 Å². The van der Waals surface area contributed by atoms with Gasteiger partial charge in [0.15, 0.2) is 0 Å². The van der Waals surface area contributed by atoms with Gasteiger partial charge in [0, 0.05) is 6.04 Å². The van der Waals surface area contributed by atoms with Crippen molar-refractivity contribution in [2.45, 2.75) is 50.5 Å². The first kappa shape index (κ1) is 18.3. The van der Waals surface area contributed by atoms with Crippen molar-refractivity contribution < 1.29 is 27.2 Å². The van der Waals surface area contributed by atoms with Gasteiger partial charge in [0.1, 0.15) is 11.7 Å². The van der Waals surface area contributed by atoms with E-state index in [9.17, 15) is 27.2 Å². The lowest BCUT2D eigenvalue weighted by molar-refractivity contribution is -0.196. The zero-order valence-corrected chi connectivity index (χ0v) is 13.9. The molecular weight excluding hydrogens is 354 g/mol. The Hall–Kier alpha value is -2.45. The van der Waals surface area contributed by atoms with Crippen LogP contribution in [-0.4, -0.2) is 40.4 Å². The molecule has 1 aliphatic carbocycles. The lowest BCUT2D eigenvalue weighted by Gasteiger charge is -2.31. The van der Waals surface area contributed by atoms with Crippen LogP contribution in [0.25, 0.3) is 0 Å². The van der Waals surface area contributed by atoms with Crippen molar-refractivity contribution in [1.82, 2.24) is 10.2 Å². The highest BCUT2D eigenvalue weighted by molar-refractivity contribution is 6.10. The molecule has 0 aromatic heterocycles. The smallest absolute Gasteiger partial charge is 0.312 e. The first-order valence-electron chi connectivity index (χ1n) is 8.21. The zero-order valence-electron chi connectivity index (χ0n) is 13.9. The van der Waals surface area contributed by atoms with E-state index in [2.05, 4.69) is 4.99 Å². The summed E-state index contributed by atoms with van der Waals surface area (Å²) in [7, 11) is 0. The fraction of sp³-hybridized carbons (Fsp3) is 0.471. The number of halogens is 4. The van der Waals surface area contributed by atoms with Gasteiger partial charge < -0.3 is 5.32 Å². The normalized spacial score (nSPS) is 24.1. The van der Waals surface area contributed by atoms with Crippen LogP contribution < -0.4 is 5.32 Å². The average molecular weight is 371 g/mol. The standard InChI is InChI=1S/C17H17F4N3O2/c1-10-22-16(17(19,20)21,15(26)24(10)11-6-2-3-7-11)23-14(25)12-8-4-5-9-13(12)18/h4-5,8-9,11H,2-3,6-7H2,1H3,(H,23,25).